The summed E-state index contributed by atoms with van der Waals surface area (Å²) in [5.74, 6) is 2.53. The second-order valence-electron chi connectivity index (χ2n) is 5.86. The second-order valence-corrected chi connectivity index (χ2v) is 7.14. The van der Waals surface area contributed by atoms with Crippen molar-refractivity contribution in [2.45, 2.75) is 27.3 Å². The Kier molecular flexibility index (Phi) is 7.72. The monoisotopic (exact) mass is 376 g/mol. The van der Waals surface area contributed by atoms with E-state index in [1.165, 1.54) is 4.88 Å². The molecule has 1 heterocycles. The molecule has 0 atom stereocenters. The number of rotatable bonds is 8. The van der Waals surface area contributed by atoms with Gasteiger partial charge in [0.05, 0.1) is 30.9 Å². The number of benzene rings is 1. The van der Waals surface area contributed by atoms with Gasteiger partial charge in [0, 0.05) is 18.5 Å². The summed E-state index contributed by atoms with van der Waals surface area (Å²) in [5.41, 5.74) is 1.07. The van der Waals surface area contributed by atoms with Crippen LogP contribution < -0.4 is 14.8 Å². The van der Waals surface area contributed by atoms with Crippen LogP contribution in [0.5, 0.6) is 11.5 Å². The van der Waals surface area contributed by atoms with Gasteiger partial charge < -0.3 is 19.7 Å². The van der Waals surface area contributed by atoms with Gasteiger partial charge in [0.25, 0.3) is 0 Å². The number of hydrogen-bond donors (Lipinski definition) is 1. The van der Waals surface area contributed by atoms with Crippen LogP contribution in [0.1, 0.15) is 22.5 Å². The van der Waals surface area contributed by atoms with Crippen LogP contribution in [0.15, 0.2) is 29.3 Å². The van der Waals surface area contributed by atoms with Crippen molar-refractivity contribution < 1.29 is 9.47 Å². The molecule has 6 nitrogen and oxygen atoms in total. The third kappa shape index (κ3) is 5.91. The van der Waals surface area contributed by atoms with Crippen LogP contribution in [0.25, 0.3) is 0 Å². The zero-order valence-electron chi connectivity index (χ0n) is 16.2. The minimum Gasteiger partial charge on any atom is -0.497 e. The van der Waals surface area contributed by atoms with Crippen molar-refractivity contribution in [2.75, 3.05) is 33.9 Å². The first-order chi connectivity index (χ1) is 12.5. The molecule has 0 aliphatic carbocycles. The third-order valence-corrected chi connectivity index (χ3v) is 4.88. The lowest BCUT2D eigenvalue weighted by Crippen LogP contribution is -2.40. The lowest BCUT2D eigenvalue weighted by molar-refractivity contribution is 0.281. The number of guanidine groups is 1. The molecule has 0 bridgehead atoms. The summed E-state index contributed by atoms with van der Waals surface area (Å²) in [6.07, 6.45) is 0. The van der Waals surface area contributed by atoms with Gasteiger partial charge in [-0.15, -0.1) is 11.3 Å². The van der Waals surface area contributed by atoms with E-state index in [4.69, 9.17) is 14.5 Å². The lowest BCUT2D eigenvalue weighted by atomic mass is 10.3. The van der Waals surface area contributed by atoms with E-state index in [1.807, 2.05) is 45.2 Å². The molecule has 1 aromatic carbocycles. The minimum atomic E-state index is 0.575. The first kappa shape index (κ1) is 20.0. The van der Waals surface area contributed by atoms with Crippen molar-refractivity contribution in [2.24, 2.45) is 4.99 Å². The molecule has 0 radical (unpaired) electrons. The number of hydrogen-bond acceptors (Lipinski definition) is 5. The molecule has 2 aromatic rings. The van der Waals surface area contributed by atoms with Gasteiger partial charge in [0.2, 0.25) is 0 Å². The first-order valence-electron chi connectivity index (χ1n) is 8.72. The highest BCUT2D eigenvalue weighted by Crippen LogP contribution is 2.18. The second kappa shape index (κ2) is 10.0. The molecule has 142 valence electrons. The number of thiazole rings is 1. The summed E-state index contributed by atoms with van der Waals surface area (Å²) in [6.45, 7) is 8.91. The van der Waals surface area contributed by atoms with E-state index in [0.29, 0.717) is 13.2 Å². The Labute approximate surface area is 159 Å². The predicted molar refractivity (Wildman–Crippen MR) is 108 cm³/mol. The highest BCUT2D eigenvalue weighted by Gasteiger charge is 2.08. The topological polar surface area (TPSA) is 59.0 Å². The fourth-order valence-corrected chi connectivity index (χ4v) is 3.28. The molecule has 7 heteroatoms. The van der Waals surface area contributed by atoms with E-state index in [-0.39, 0.29) is 0 Å². The summed E-state index contributed by atoms with van der Waals surface area (Å²) in [4.78, 5) is 12.5. The fraction of sp³-hybridized carbons (Fsp3) is 0.474. The Bertz CT molecular complexity index is 713. The van der Waals surface area contributed by atoms with Crippen LogP contribution in [0, 0.1) is 13.8 Å². The van der Waals surface area contributed by atoms with Crippen LogP contribution in [-0.4, -0.2) is 49.7 Å². The molecule has 0 fully saturated rings. The normalized spacial score (nSPS) is 11.3. The van der Waals surface area contributed by atoms with Gasteiger partial charge in [-0.1, -0.05) is 0 Å². The lowest BCUT2D eigenvalue weighted by Gasteiger charge is -2.22. The highest BCUT2D eigenvalue weighted by atomic mass is 32.1. The fourth-order valence-electron chi connectivity index (χ4n) is 2.41. The number of likely N-dealkylation sites (N-methyl/N-ethyl adjacent to an activating group) is 1. The molecule has 0 unspecified atom stereocenters. The van der Waals surface area contributed by atoms with Gasteiger partial charge in [0.1, 0.15) is 18.1 Å². The molecule has 0 aliphatic heterocycles. The number of aliphatic imine (C=N–C) groups is 1. The van der Waals surface area contributed by atoms with Crippen LogP contribution >= 0.6 is 11.3 Å². The van der Waals surface area contributed by atoms with Crippen molar-refractivity contribution >= 4 is 17.3 Å². The number of aryl methyl sites for hydroxylation is 2. The smallest absolute Gasteiger partial charge is 0.194 e. The Morgan fingerprint density at radius 1 is 1.23 bits per heavy atom. The van der Waals surface area contributed by atoms with Crippen LogP contribution in [0.3, 0.4) is 0 Å². The number of ether oxygens (including phenoxy) is 2. The number of nitrogens with zero attached hydrogens (tertiary/aromatic N) is 3. The summed E-state index contributed by atoms with van der Waals surface area (Å²) >= 11 is 1.70. The Morgan fingerprint density at radius 2 is 1.92 bits per heavy atom. The van der Waals surface area contributed by atoms with Crippen molar-refractivity contribution in [3.8, 4) is 11.5 Å². The zero-order chi connectivity index (χ0) is 18.9. The number of methoxy groups -OCH3 is 1. The summed E-state index contributed by atoms with van der Waals surface area (Å²) in [6, 6.07) is 7.61. The van der Waals surface area contributed by atoms with Crippen LogP contribution in [-0.2, 0) is 6.54 Å². The quantitative estimate of drug-likeness (QED) is 0.566. The van der Waals surface area contributed by atoms with Crippen LogP contribution in [0.2, 0.25) is 0 Å². The molecule has 26 heavy (non-hydrogen) atoms. The molecular weight excluding hydrogens is 348 g/mol. The van der Waals surface area contributed by atoms with Crippen molar-refractivity contribution in [1.29, 1.82) is 0 Å². The van der Waals surface area contributed by atoms with Crippen molar-refractivity contribution in [3.63, 3.8) is 0 Å². The maximum absolute atomic E-state index is 5.80. The molecule has 0 spiro atoms. The molecule has 1 aromatic heterocycles. The third-order valence-electron chi connectivity index (χ3n) is 3.82. The summed E-state index contributed by atoms with van der Waals surface area (Å²) in [5, 5.41) is 4.41. The highest BCUT2D eigenvalue weighted by molar-refractivity contribution is 7.11. The minimum absolute atomic E-state index is 0.575. The Balaban J connectivity index is 1.89. The van der Waals surface area contributed by atoms with E-state index in [0.717, 1.165) is 41.2 Å². The van der Waals surface area contributed by atoms with Crippen molar-refractivity contribution in [3.05, 3.63) is 39.8 Å². The first-order valence-corrected chi connectivity index (χ1v) is 9.54. The van der Waals surface area contributed by atoms with Gasteiger partial charge >= 0.3 is 0 Å². The molecule has 1 N–H and O–H groups in total. The zero-order valence-corrected chi connectivity index (χ0v) is 17.0. The van der Waals surface area contributed by atoms with E-state index < -0.39 is 0 Å². The van der Waals surface area contributed by atoms with Gasteiger partial charge in [0.15, 0.2) is 5.96 Å². The predicted octanol–water partition coefficient (Wildman–Crippen LogP) is 3.24. The van der Waals surface area contributed by atoms with Gasteiger partial charge in [-0.3, -0.25) is 0 Å². The van der Waals surface area contributed by atoms with Gasteiger partial charge in [-0.2, -0.15) is 0 Å². The standard InChI is InChI=1S/C19H28N4O2S/c1-6-20-19(21-13-18-14(2)22-15(3)26-18)23(4)11-12-25-17-9-7-16(24-5)8-10-17/h7-10H,6,11-13H2,1-5H3,(H,20,21). The maximum Gasteiger partial charge on any atom is 0.194 e. The Hall–Kier alpha value is -2.28. The average Bonchev–Trinajstić information content (AvgIpc) is 2.96. The number of aromatic nitrogens is 1. The van der Waals surface area contributed by atoms with Gasteiger partial charge in [-0.05, 0) is 45.0 Å². The SMILES string of the molecule is CCNC(=NCc1sc(C)nc1C)N(C)CCOc1ccc(OC)cc1. The van der Waals surface area contributed by atoms with E-state index in [1.54, 1.807) is 18.4 Å². The molecule has 2 rings (SSSR count). The van der Waals surface area contributed by atoms with E-state index >= 15 is 0 Å². The van der Waals surface area contributed by atoms with Crippen LogP contribution in [0.4, 0.5) is 0 Å². The largest absolute Gasteiger partial charge is 0.497 e. The average molecular weight is 377 g/mol. The van der Waals surface area contributed by atoms with Gasteiger partial charge in [-0.25, -0.2) is 9.98 Å². The molecule has 0 saturated carbocycles. The van der Waals surface area contributed by atoms with E-state index in [9.17, 15) is 0 Å². The Morgan fingerprint density at radius 3 is 2.50 bits per heavy atom. The molecule has 0 saturated heterocycles. The maximum atomic E-state index is 5.80. The van der Waals surface area contributed by atoms with E-state index in [2.05, 4.69) is 22.1 Å². The molecular formula is C19H28N4O2S. The van der Waals surface area contributed by atoms with Crippen molar-refractivity contribution in [1.82, 2.24) is 15.2 Å². The molecule has 0 amide bonds. The molecule has 0 aliphatic rings. The summed E-state index contributed by atoms with van der Waals surface area (Å²) < 4.78 is 11.0. The number of nitrogens with one attached hydrogen (secondary N) is 1. The summed E-state index contributed by atoms with van der Waals surface area (Å²) in [7, 11) is 3.67.